The first-order valence-electron chi connectivity index (χ1n) is 5.58. The second-order valence-corrected chi connectivity index (χ2v) is 5.18. The molecule has 0 bridgehead atoms. The number of alkyl carbamates (subject to hydrolysis) is 1. The lowest BCUT2D eigenvalue weighted by Crippen LogP contribution is -2.58. The SMILES string of the molecule is CC(C)(C)OC(=O)NC1(C(=O)C(F)F)CCOC1. The number of Topliss-reactive ketones (excluding diaryl/α,β-unsaturated/α-hetero) is 1. The molecule has 5 nitrogen and oxygen atoms in total. The molecule has 0 aromatic carbocycles. The highest BCUT2D eigenvalue weighted by Crippen LogP contribution is 2.23. The van der Waals surface area contributed by atoms with Crippen LogP contribution in [0, 0.1) is 0 Å². The summed E-state index contributed by atoms with van der Waals surface area (Å²) in [6.45, 7) is 4.81. The average molecular weight is 265 g/mol. The second kappa shape index (κ2) is 5.17. The summed E-state index contributed by atoms with van der Waals surface area (Å²) in [4.78, 5) is 23.0. The number of amides is 1. The number of nitrogens with one attached hydrogen (secondary N) is 1. The smallest absolute Gasteiger partial charge is 0.408 e. The van der Waals surface area contributed by atoms with Crippen LogP contribution in [-0.2, 0) is 14.3 Å². The van der Waals surface area contributed by atoms with Gasteiger partial charge in [0.2, 0.25) is 5.78 Å². The maximum Gasteiger partial charge on any atom is 0.408 e. The molecule has 0 spiro atoms. The molecule has 18 heavy (non-hydrogen) atoms. The van der Waals surface area contributed by atoms with E-state index < -0.39 is 29.4 Å². The van der Waals surface area contributed by atoms with E-state index in [2.05, 4.69) is 5.32 Å². The largest absolute Gasteiger partial charge is 0.444 e. The molecule has 104 valence electrons. The molecular formula is C11H17F2NO4. The first-order valence-corrected chi connectivity index (χ1v) is 5.58. The standard InChI is InChI=1S/C11H17F2NO4/c1-10(2,3)18-9(16)14-11(4-5-17-6-11)7(15)8(12)13/h8H,4-6H2,1-3H3,(H,14,16). The van der Waals surface area contributed by atoms with Crippen LogP contribution in [-0.4, -0.2) is 42.7 Å². The van der Waals surface area contributed by atoms with Gasteiger partial charge in [0.1, 0.15) is 11.1 Å². The van der Waals surface area contributed by atoms with Crippen molar-refractivity contribution in [2.45, 2.75) is 44.8 Å². The van der Waals surface area contributed by atoms with Crippen molar-refractivity contribution >= 4 is 11.9 Å². The van der Waals surface area contributed by atoms with E-state index in [4.69, 9.17) is 9.47 Å². The third kappa shape index (κ3) is 3.63. The predicted octanol–water partition coefficient (Wildman–Crippen LogP) is 1.50. The molecule has 0 aromatic rings. The van der Waals surface area contributed by atoms with E-state index in [9.17, 15) is 18.4 Å². The summed E-state index contributed by atoms with van der Waals surface area (Å²) in [6.07, 6.45) is -4.03. The van der Waals surface area contributed by atoms with Crippen LogP contribution in [0.15, 0.2) is 0 Å². The van der Waals surface area contributed by atoms with E-state index in [0.717, 1.165) is 0 Å². The van der Waals surface area contributed by atoms with E-state index in [-0.39, 0.29) is 19.6 Å². The summed E-state index contributed by atoms with van der Waals surface area (Å²) >= 11 is 0. The van der Waals surface area contributed by atoms with Crippen LogP contribution in [0.25, 0.3) is 0 Å². The molecule has 0 radical (unpaired) electrons. The number of hydrogen-bond acceptors (Lipinski definition) is 4. The number of ether oxygens (including phenoxy) is 2. The lowest BCUT2D eigenvalue weighted by Gasteiger charge is -2.28. The molecule has 0 saturated carbocycles. The summed E-state index contributed by atoms with van der Waals surface area (Å²) in [5.74, 6) is -1.34. The normalized spacial score (nSPS) is 24.1. The lowest BCUT2D eigenvalue weighted by molar-refractivity contribution is -0.136. The predicted molar refractivity (Wildman–Crippen MR) is 58.5 cm³/mol. The Kier molecular flexibility index (Phi) is 4.26. The Morgan fingerprint density at radius 3 is 2.39 bits per heavy atom. The second-order valence-electron chi connectivity index (χ2n) is 5.18. The molecule has 1 fully saturated rings. The first kappa shape index (κ1) is 14.8. The molecule has 0 aromatic heterocycles. The fourth-order valence-electron chi connectivity index (χ4n) is 1.63. The van der Waals surface area contributed by atoms with Crippen molar-refractivity contribution in [3.05, 3.63) is 0 Å². The number of halogens is 2. The van der Waals surface area contributed by atoms with Crippen molar-refractivity contribution in [1.82, 2.24) is 5.32 Å². The molecule has 1 heterocycles. The number of carbonyl (C=O) groups is 2. The van der Waals surface area contributed by atoms with Crippen LogP contribution < -0.4 is 5.32 Å². The fourth-order valence-corrected chi connectivity index (χ4v) is 1.63. The quantitative estimate of drug-likeness (QED) is 0.840. The Morgan fingerprint density at radius 2 is 2.00 bits per heavy atom. The molecule has 1 unspecified atom stereocenters. The van der Waals surface area contributed by atoms with Crippen molar-refractivity contribution < 1.29 is 27.8 Å². The minimum Gasteiger partial charge on any atom is -0.444 e. The van der Waals surface area contributed by atoms with Crippen molar-refractivity contribution in [1.29, 1.82) is 0 Å². The Morgan fingerprint density at radius 1 is 1.39 bits per heavy atom. The van der Waals surface area contributed by atoms with Gasteiger partial charge in [-0.25, -0.2) is 13.6 Å². The van der Waals surface area contributed by atoms with Crippen molar-refractivity contribution in [3.63, 3.8) is 0 Å². The zero-order valence-corrected chi connectivity index (χ0v) is 10.6. The zero-order valence-electron chi connectivity index (χ0n) is 10.6. The summed E-state index contributed by atoms with van der Waals surface area (Å²) in [6, 6.07) is 0. The molecule has 1 aliphatic rings. The highest BCUT2D eigenvalue weighted by atomic mass is 19.3. The zero-order chi connectivity index (χ0) is 14.0. The van der Waals surface area contributed by atoms with Crippen LogP contribution in [0.2, 0.25) is 0 Å². The molecule has 1 saturated heterocycles. The average Bonchev–Trinajstić information content (AvgIpc) is 2.62. The van der Waals surface area contributed by atoms with Gasteiger partial charge in [0.15, 0.2) is 0 Å². The molecule has 1 aliphatic heterocycles. The van der Waals surface area contributed by atoms with Crippen molar-refractivity contribution in [2.24, 2.45) is 0 Å². The third-order valence-electron chi connectivity index (χ3n) is 2.43. The van der Waals surface area contributed by atoms with Crippen molar-refractivity contribution in [2.75, 3.05) is 13.2 Å². The summed E-state index contributed by atoms with van der Waals surface area (Å²) in [5.41, 5.74) is -2.44. The Bertz CT molecular complexity index is 332. The van der Waals surface area contributed by atoms with Gasteiger partial charge in [0, 0.05) is 13.0 Å². The summed E-state index contributed by atoms with van der Waals surface area (Å²) in [7, 11) is 0. The maximum absolute atomic E-state index is 12.5. The first-order chi connectivity index (χ1) is 8.16. The van der Waals surface area contributed by atoms with Gasteiger partial charge in [-0.2, -0.15) is 0 Å². The molecule has 1 rings (SSSR count). The van der Waals surface area contributed by atoms with Gasteiger partial charge < -0.3 is 14.8 Å². The van der Waals surface area contributed by atoms with E-state index in [1.165, 1.54) is 0 Å². The van der Waals surface area contributed by atoms with Gasteiger partial charge in [0.25, 0.3) is 6.43 Å². The van der Waals surface area contributed by atoms with Gasteiger partial charge in [-0.15, -0.1) is 0 Å². The Balaban J connectivity index is 2.75. The highest BCUT2D eigenvalue weighted by molar-refractivity contribution is 5.94. The van der Waals surface area contributed by atoms with Gasteiger partial charge in [-0.1, -0.05) is 0 Å². The van der Waals surface area contributed by atoms with Gasteiger partial charge in [-0.05, 0) is 20.8 Å². The van der Waals surface area contributed by atoms with E-state index in [0.29, 0.717) is 0 Å². The van der Waals surface area contributed by atoms with Gasteiger partial charge in [-0.3, -0.25) is 4.79 Å². The third-order valence-corrected chi connectivity index (χ3v) is 2.43. The Hall–Kier alpha value is -1.24. The molecule has 1 N–H and O–H groups in total. The number of hydrogen-bond donors (Lipinski definition) is 1. The highest BCUT2D eigenvalue weighted by Gasteiger charge is 2.47. The van der Waals surface area contributed by atoms with Crippen LogP contribution in [0.3, 0.4) is 0 Å². The van der Waals surface area contributed by atoms with E-state index in [1.807, 2.05) is 0 Å². The fraction of sp³-hybridized carbons (Fsp3) is 0.818. The lowest BCUT2D eigenvalue weighted by atomic mass is 9.93. The van der Waals surface area contributed by atoms with Crippen LogP contribution in [0.1, 0.15) is 27.2 Å². The summed E-state index contributed by atoms with van der Waals surface area (Å²) in [5, 5.41) is 2.21. The topological polar surface area (TPSA) is 64.6 Å². The molecule has 1 atom stereocenters. The minimum absolute atomic E-state index is 0.0232. The van der Waals surface area contributed by atoms with Crippen LogP contribution >= 0.6 is 0 Å². The number of ketones is 1. The maximum atomic E-state index is 12.5. The Labute approximate surface area is 104 Å². The molecule has 1 amide bonds. The number of carbonyl (C=O) groups excluding carboxylic acids is 2. The van der Waals surface area contributed by atoms with Gasteiger partial charge >= 0.3 is 6.09 Å². The summed E-state index contributed by atoms with van der Waals surface area (Å²) < 4.78 is 34.9. The van der Waals surface area contributed by atoms with Crippen LogP contribution in [0.4, 0.5) is 13.6 Å². The molecular weight excluding hydrogens is 248 g/mol. The van der Waals surface area contributed by atoms with Gasteiger partial charge in [0.05, 0.1) is 6.61 Å². The molecule has 0 aliphatic carbocycles. The number of rotatable bonds is 3. The minimum atomic E-state index is -3.15. The molecule has 7 heteroatoms. The van der Waals surface area contributed by atoms with Crippen molar-refractivity contribution in [3.8, 4) is 0 Å². The number of alkyl halides is 2. The monoisotopic (exact) mass is 265 g/mol. The van der Waals surface area contributed by atoms with E-state index >= 15 is 0 Å². The van der Waals surface area contributed by atoms with E-state index in [1.54, 1.807) is 20.8 Å². The van der Waals surface area contributed by atoms with Crippen LogP contribution in [0.5, 0.6) is 0 Å².